The molecular formula is C34H62O3SiSn. The van der Waals surface area contributed by atoms with Crippen LogP contribution in [0.25, 0.3) is 0 Å². The molecule has 2 rings (SSSR count). The molecule has 224 valence electrons. The second-order valence-corrected chi connectivity index (χ2v) is 32.5. The molecule has 0 N–H and O–H groups in total. The summed E-state index contributed by atoms with van der Waals surface area (Å²) in [6, 6.07) is 10.5. The van der Waals surface area contributed by atoms with E-state index in [-0.39, 0.29) is 29.5 Å². The molecule has 0 unspecified atom stereocenters. The van der Waals surface area contributed by atoms with Crippen LogP contribution in [0.1, 0.15) is 99.0 Å². The predicted octanol–water partition coefficient (Wildman–Crippen LogP) is 10.5. The van der Waals surface area contributed by atoms with Gasteiger partial charge in [0.1, 0.15) is 0 Å². The minimum atomic E-state index is -2.18. The van der Waals surface area contributed by atoms with E-state index in [1.807, 2.05) is 0 Å². The predicted molar refractivity (Wildman–Crippen MR) is 175 cm³/mol. The van der Waals surface area contributed by atoms with Crippen LogP contribution in [0.4, 0.5) is 0 Å². The van der Waals surface area contributed by atoms with E-state index in [1.165, 1.54) is 48.5 Å². The van der Waals surface area contributed by atoms with Crippen LogP contribution in [0, 0.1) is 0 Å². The molecule has 1 aromatic carbocycles. The zero-order valence-electron chi connectivity index (χ0n) is 27.1. The molecule has 0 bridgehead atoms. The standard InChI is InChI=1S/C22H35O3Si.3C4H9.Sn/c1-8-12-19-15-20(25-26(6,7)22(3,4)5)21(24-19)17(2)23-16-18-13-10-9-11-14-18;3*1-3-4-2;/h8-14,17,19-21H,1,15-16H2,2-7H3;3*1,3-4H2,2H3;/b12-8+;;;;/t17-,19+,20+,21-;;;;/m0..../s1. The maximum absolute atomic E-state index is 7.00. The summed E-state index contributed by atoms with van der Waals surface area (Å²) in [6.07, 6.45) is 14.4. The first-order chi connectivity index (χ1) is 18.5. The van der Waals surface area contributed by atoms with Crippen LogP contribution in [0.15, 0.2) is 42.5 Å². The molecular weight excluding hydrogens is 603 g/mol. The van der Waals surface area contributed by atoms with Gasteiger partial charge in [0.2, 0.25) is 0 Å². The van der Waals surface area contributed by atoms with Gasteiger partial charge in [0, 0.05) is 0 Å². The quantitative estimate of drug-likeness (QED) is 0.115. The third-order valence-corrected chi connectivity index (χ3v) is 29.1. The number of unbranched alkanes of at least 4 members (excludes halogenated alkanes) is 3. The SMILES string of the molecule is CCC[CH2][Sn]([CH2]/C=C/[C@@H]1C[C@@H](O[Si](C)(C)C(C)(C)C)[C@H]([C@H](C)OCc2ccccc2)O1)([CH2]CCC)[CH2]CCC. The Balaban J connectivity index is 2.16. The van der Waals surface area contributed by atoms with Crippen molar-refractivity contribution in [2.45, 2.75) is 160 Å². The Kier molecular flexibility index (Phi) is 15.4. The molecule has 5 heteroatoms. The first kappa shape index (κ1) is 35.1. The zero-order chi connectivity index (χ0) is 28.9. The van der Waals surface area contributed by atoms with Crippen LogP contribution < -0.4 is 0 Å². The minimum absolute atomic E-state index is 0.0182. The van der Waals surface area contributed by atoms with Gasteiger partial charge in [0.15, 0.2) is 0 Å². The molecule has 0 radical (unpaired) electrons. The van der Waals surface area contributed by atoms with Gasteiger partial charge in [0.25, 0.3) is 0 Å². The van der Waals surface area contributed by atoms with Crippen molar-refractivity contribution in [1.82, 2.24) is 0 Å². The number of allylic oxidation sites excluding steroid dienone is 1. The second kappa shape index (κ2) is 17.1. The molecule has 1 heterocycles. The summed E-state index contributed by atoms with van der Waals surface area (Å²) in [5.74, 6) is 0. The van der Waals surface area contributed by atoms with E-state index >= 15 is 0 Å². The van der Waals surface area contributed by atoms with Gasteiger partial charge in [-0.15, -0.1) is 0 Å². The van der Waals surface area contributed by atoms with Gasteiger partial charge >= 0.3 is 243 Å². The van der Waals surface area contributed by atoms with Crippen molar-refractivity contribution in [2.75, 3.05) is 0 Å². The van der Waals surface area contributed by atoms with Gasteiger partial charge in [-0.25, -0.2) is 0 Å². The Morgan fingerprint density at radius 3 is 2.05 bits per heavy atom. The number of hydrogen-bond acceptors (Lipinski definition) is 3. The van der Waals surface area contributed by atoms with Crippen molar-refractivity contribution < 1.29 is 13.9 Å². The van der Waals surface area contributed by atoms with Gasteiger partial charge < -0.3 is 0 Å². The molecule has 0 amide bonds. The Hall–Kier alpha value is -0.144. The Labute approximate surface area is 247 Å². The summed E-state index contributed by atoms with van der Waals surface area (Å²) in [5.41, 5.74) is 1.20. The van der Waals surface area contributed by atoms with E-state index in [0.717, 1.165) is 6.42 Å². The Bertz CT molecular complexity index is 798. The van der Waals surface area contributed by atoms with Crippen LogP contribution >= 0.6 is 0 Å². The molecule has 4 atom stereocenters. The van der Waals surface area contributed by atoms with Crippen molar-refractivity contribution in [3.63, 3.8) is 0 Å². The van der Waals surface area contributed by atoms with Crippen molar-refractivity contribution in [3.8, 4) is 0 Å². The number of benzene rings is 1. The molecule has 0 saturated carbocycles. The van der Waals surface area contributed by atoms with E-state index in [2.05, 4.69) is 104 Å². The molecule has 1 aromatic rings. The molecule has 0 aromatic heterocycles. The summed E-state index contributed by atoms with van der Waals surface area (Å²) in [4.78, 5) is 0. The van der Waals surface area contributed by atoms with Crippen LogP contribution in [-0.2, 0) is 20.5 Å². The monoisotopic (exact) mass is 666 g/mol. The van der Waals surface area contributed by atoms with Crippen molar-refractivity contribution in [3.05, 3.63) is 48.0 Å². The van der Waals surface area contributed by atoms with E-state index in [1.54, 1.807) is 13.3 Å². The third-order valence-electron chi connectivity index (χ3n) is 9.32. The molecule has 3 nitrogen and oxygen atoms in total. The van der Waals surface area contributed by atoms with Crippen LogP contribution in [0.5, 0.6) is 0 Å². The fourth-order valence-electron chi connectivity index (χ4n) is 5.62. The molecule has 1 aliphatic heterocycles. The number of ether oxygens (including phenoxy) is 2. The van der Waals surface area contributed by atoms with Gasteiger partial charge in [-0.3, -0.25) is 0 Å². The van der Waals surface area contributed by atoms with E-state index < -0.39 is 26.7 Å². The topological polar surface area (TPSA) is 27.7 Å². The fourth-order valence-corrected chi connectivity index (χ4v) is 22.1. The molecule has 39 heavy (non-hydrogen) atoms. The van der Waals surface area contributed by atoms with E-state index in [9.17, 15) is 0 Å². The van der Waals surface area contributed by atoms with Gasteiger partial charge in [-0.1, -0.05) is 6.07 Å². The van der Waals surface area contributed by atoms with E-state index in [0.29, 0.717) is 6.61 Å². The average molecular weight is 666 g/mol. The summed E-state index contributed by atoms with van der Waals surface area (Å²) in [7, 11) is -1.93. The van der Waals surface area contributed by atoms with E-state index in [4.69, 9.17) is 13.9 Å². The van der Waals surface area contributed by atoms with Crippen molar-refractivity contribution in [2.24, 2.45) is 0 Å². The fraction of sp³-hybridized carbons (Fsp3) is 0.765. The summed E-state index contributed by atoms with van der Waals surface area (Å²) in [5, 5.41) is 0.172. The molecule has 0 aliphatic carbocycles. The molecule has 0 spiro atoms. The van der Waals surface area contributed by atoms with Crippen molar-refractivity contribution >= 4 is 26.7 Å². The normalized spacial score (nSPS) is 21.6. The first-order valence-corrected chi connectivity index (χ1v) is 27.1. The second-order valence-electron chi connectivity index (χ2n) is 13.7. The van der Waals surface area contributed by atoms with Gasteiger partial charge in [-0.05, 0) is 0 Å². The Morgan fingerprint density at radius 2 is 1.54 bits per heavy atom. The number of hydrogen-bond donors (Lipinski definition) is 0. The number of rotatable bonds is 18. The zero-order valence-corrected chi connectivity index (χ0v) is 30.9. The van der Waals surface area contributed by atoms with Gasteiger partial charge in [-0.2, -0.15) is 0 Å². The molecule has 1 fully saturated rings. The van der Waals surface area contributed by atoms with Crippen LogP contribution in [0.3, 0.4) is 0 Å². The Morgan fingerprint density at radius 1 is 0.974 bits per heavy atom. The van der Waals surface area contributed by atoms with Gasteiger partial charge in [0.05, 0.1) is 0 Å². The summed E-state index contributed by atoms with van der Waals surface area (Å²) < 4.78 is 26.2. The average Bonchev–Trinajstić information content (AvgIpc) is 3.29. The van der Waals surface area contributed by atoms with Crippen molar-refractivity contribution in [1.29, 1.82) is 0 Å². The summed E-state index contributed by atoms with van der Waals surface area (Å²) in [6.45, 7) is 21.6. The van der Waals surface area contributed by atoms with Crippen LogP contribution in [0.2, 0.25) is 35.9 Å². The maximum atomic E-state index is 7.00. The summed E-state index contributed by atoms with van der Waals surface area (Å²) >= 11 is -2.18. The first-order valence-electron chi connectivity index (χ1n) is 16.1. The van der Waals surface area contributed by atoms with Crippen LogP contribution in [-0.4, -0.2) is 51.1 Å². The molecule has 1 aliphatic rings. The molecule has 1 saturated heterocycles. The third kappa shape index (κ3) is 11.6.